The number of aryl methyl sites for hydroxylation is 1. The van der Waals surface area contributed by atoms with Crippen molar-refractivity contribution >= 4 is 5.82 Å². The molecule has 2 aromatic rings. The molecule has 0 fully saturated rings. The lowest BCUT2D eigenvalue weighted by molar-refractivity contribution is 0.454. The van der Waals surface area contributed by atoms with E-state index in [9.17, 15) is 0 Å². The number of nitrogens with zero attached hydrogens (tertiary/aromatic N) is 3. The van der Waals surface area contributed by atoms with Crippen LogP contribution in [0, 0.1) is 6.92 Å². The van der Waals surface area contributed by atoms with Crippen LogP contribution >= 0.6 is 0 Å². The van der Waals surface area contributed by atoms with Crippen LogP contribution in [-0.4, -0.2) is 15.0 Å². The maximum absolute atomic E-state index is 5.47. The van der Waals surface area contributed by atoms with Gasteiger partial charge in [-0.2, -0.15) is 0 Å². The Hall–Kier alpha value is -2.17. The molecule has 2 N–H and O–H groups in total. The van der Waals surface area contributed by atoms with Gasteiger partial charge in [0.1, 0.15) is 5.82 Å². The predicted octanol–water partition coefficient (Wildman–Crippen LogP) is 1.55. The number of ether oxygens (including phenoxy) is 1. The van der Waals surface area contributed by atoms with Gasteiger partial charge in [0.2, 0.25) is 5.88 Å². The molecule has 0 aliphatic heterocycles. The summed E-state index contributed by atoms with van der Waals surface area (Å²) in [6.45, 7) is 1.86. The van der Waals surface area contributed by atoms with E-state index in [1.807, 2.05) is 13.0 Å². The highest BCUT2D eigenvalue weighted by molar-refractivity contribution is 5.31. The first-order valence-corrected chi connectivity index (χ1v) is 4.43. The van der Waals surface area contributed by atoms with E-state index in [1.165, 1.54) is 12.4 Å². The third-order valence-corrected chi connectivity index (χ3v) is 1.82. The summed E-state index contributed by atoms with van der Waals surface area (Å²) in [5.41, 5.74) is 6.21. The van der Waals surface area contributed by atoms with Crippen LogP contribution in [0.4, 0.5) is 5.82 Å². The average Bonchev–Trinajstić information content (AvgIpc) is 2.25. The first-order chi connectivity index (χ1) is 7.25. The van der Waals surface area contributed by atoms with Crippen LogP contribution in [-0.2, 0) is 0 Å². The molecule has 0 saturated carbocycles. The Kier molecular flexibility index (Phi) is 2.45. The number of anilines is 1. The zero-order chi connectivity index (χ0) is 10.7. The molecule has 2 aromatic heterocycles. The Morgan fingerprint density at radius 1 is 1.20 bits per heavy atom. The van der Waals surface area contributed by atoms with Crippen molar-refractivity contribution in [3.63, 3.8) is 0 Å². The van der Waals surface area contributed by atoms with Crippen molar-refractivity contribution < 1.29 is 4.74 Å². The van der Waals surface area contributed by atoms with E-state index in [0.717, 1.165) is 5.69 Å². The SMILES string of the molecule is Cc1ncccc1Oc1cnc(N)cn1. The van der Waals surface area contributed by atoms with E-state index in [0.29, 0.717) is 17.4 Å². The van der Waals surface area contributed by atoms with Crippen molar-refractivity contribution in [3.05, 3.63) is 36.4 Å². The van der Waals surface area contributed by atoms with Crippen molar-refractivity contribution in [1.29, 1.82) is 0 Å². The third kappa shape index (κ3) is 2.19. The quantitative estimate of drug-likeness (QED) is 0.799. The maximum atomic E-state index is 5.47. The molecule has 0 atom stereocenters. The average molecular weight is 202 g/mol. The zero-order valence-corrected chi connectivity index (χ0v) is 8.21. The van der Waals surface area contributed by atoms with Gasteiger partial charge in [-0.3, -0.25) is 4.98 Å². The summed E-state index contributed by atoms with van der Waals surface area (Å²) < 4.78 is 5.47. The molecular weight excluding hydrogens is 192 g/mol. The number of nitrogens with two attached hydrogens (primary N) is 1. The molecule has 15 heavy (non-hydrogen) atoms. The molecule has 0 radical (unpaired) electrons. The Labute approximate surface area is 87.0 Å². The van der Waals surface area contributed by atoms with Crippen molar-refractivity contribution in [1.82, 2.24) is 15.0 Å². The van der Waals surface area contributed by atoms with Gasteiger partial charge in [-0.05, 0) is 19.1 Å². The monoisotopic (exact) mass is 202 g/mol. The summed E-state index contributed by atoms with van der Waals surface area (Å²) in [4.78, 5) is 11.9. The van der Waals surface area contributed by atoms with Gasteiger partial charge in [0.15, 0.2) is 5.75 Å². The molecule has 0 aromatic carbocycles. The van der Waals surface area contributed by atoms with Crippen LogP contribution in [0.5, 0.6) is 11.6 Å². The third-order valence-electron chi connectivity index (χ3n) is 1.82. The summed E-state index contributed by atoms with van der Waals surface area (Å²) in [5.74, 6) is 1.43. The number of hydrogen-bond donors (Lipinski definition) is 1. The van der Waals surface area contributed by atoms with Crippen LogP contribution in [0.1, 0.15) is 5.69 Å². The molecule has 76 valence electrons. The zero-order valence-electron chi connectivity index (χ0n) is 8.21. The van der Waals surface area contributed by atoms with E-state index < -0.39 is 0 Å². The van der Waals surface area contributed by atoms with E-state index in [4.69, 9.17) is 10.5 Å². The Bertz CT molecular complexity index is 455. The van der Waals surface area contributed by atoms with Crippen molar-refractivity contribution in [2.24, 2.45) is 0 Å². The fourth-order valence-corrected chi connectivity index (χ4v) is 1.07. The molecule has 0 unspecified atom stereocenters. The van der Waals surface area contributed by atoms with E-state index in [2.05, 4.69) is 15.0 Å². The topological polar surface area (TPSA) is 73.9 Å². The summed E-state index contributed by atoms with van der Waals surface area (Å²) in [5, 5.41) is 0. The standard InChI is InChI=1S/C10H10N4O/c1-7-8(3-2-4-12-7)15-10-6-13-9(11)5-14-10/h2-6H,1H3,(H2,11,13). The van der Waals surface area contributed by atoms with Gasteiger partial charge in [-0.25, -0.2) is 9.97 Å². The highest BCUT2D eigenvalue weighted by Gasteiger charge is 2.02. The summed E-state index contributed by atoms with van der Waals surface area (Å²) in [6.07, 6.45) is 4.62. The predicted molar refractivity (Wildman–Crippen MR) is 55.5 cm³/mol. The number of nitrogen functional groups attached to an aromatic ring is 1. The molecule has 0 aliphatic carbocycles. The number of aromatic nitrogens is 3. The Morgan fingerprint density at radius 2 is 2.07 bits per heavy atom. The molecule has 0 bridgehead atoms. The van der Waals surface area contributed by atoms with Crippen LogP contribution in [0.25, 0.3) is 0 Å². The summed E-state index contributed by atoms with van der Waals surface area (Å²) in [7, 11) is 0. The molecule has 0 spiro atoms. The lowest BCUT2D eigenvalue weighted by atomic mass is 10.3. The molecule has 2 rings (SSSR count). The Balaban J connectivity index is 2.22. The van der Waals surface area contributed by atoms with E-state index in [1.54, 1.807) is 12.3 Å². The second-order valence-electron chi connectivity index (χ2n) is 2.97. The molecule has 5 heteroatoms. The minimum absolute atomic E-state index is 0.366. The van der Waals surface area contributed by atoms with Crippen LogP contribution in [0.2, 0.25) is 0 Å². The molecule has 0 amide bonds. The normalized spacial score (nSPS) is 9.93. The number of hydrogen-bond acceptors (Lipinski definition) is 5. The molecule has 0 saturated heterocycles. The van der Waals surface area contributed by atoms with Crippen molar-refractivity contribution in [2.45, 2.75) is 6.92 Å². The highest BCUT2D eigenvalue weighted by atomic mass is 16.5. The number of rotatable bonds is 2. The number of pyridine rings is 1. The molecule has 5 nitrogen and oxygen atoms in total. The van der Waals surface area contributed by atoms with Crippen LogP contribution in [0.3, 0.4) is 0 Å². The van der Waals surface area contributed by atoms with Gasteiger partial charge in [0.05, 0.1) is 18.1 Å². The molecule has 0 aliphatic rings. The Morgan fingerprint density at radius 3 is 2.73 bits per heavy atom. The smallest absolute Gasteiger partial charge is 0.238 e. The largest absolute Gasteiger partial charge is 0.436 e. The maximum Gasteiger partial charge on any atom is 0.238 e. The van der Waals surface area contributed by atoms with Crippen molar-refractivity contribution in [3.8, 4) is 11.6 Å². The minimum Gasteiger partial charge on any atom is -0.436 e. The highest BCUT2D eigenvalue weighted by Crippen LogP contribution is 2.20. The first-order valence-electron chi connectivity index (χ1n) is 4.43. The second-order valence-corrected chi connectivity index (χ2v) is 2.97. The second kappa shape index (κ2) is 3.91. The first kappa shape index (κ1) is 9.39. The van der Waals surface area contributed by atoms with Gasteiger partial charge in [-0.1, -0.05) is 0 Å². The van der Waals surface area contributed by atoms with Gasteiger partial charge in [0, 0.05) is 6.20 Å². The van der Waals surface area contributed by atoms with E-state index in [-0.39, 0.29) is 0 Å². The van der Waals surface area contributed by atoms with Crippen molar-refractivity contribution in [2.75, 3.05) is 5.73 Å². The minimum atomic E-state index is 0.366. The molecule has 2 heterocycles. The van der Waals surface area contributed by atoms with Gasteiger partial charge >= 0.3 is 0 Å². The van der Waals surface area contributed by atoms with Gasteiger partial charge in [-0.15, -0.1) is 0 Å². The summed E-state index contributed by atoms with van der Waals surface area (Å²) in [6, 6.07) is 3.62. The van der Waals surface area contributed by atoms with Crippen LogP contribution < -0.4 is 10.5 Å². The van der Waals surface area contributed by atoms with Gasteiger partial charge < -0.3 is 10.5 Å². The van der Waals surface area contributed by atoms with E-state index >= 15 is 0 Å². The lowest BCUT2D eigenvalue weighted by Crippen LogP contribution is -1.95. The lowest BCUT2D eigenvalue weighted by Gasteiger charge is -2.05. The summed E-state index contributed by atoms with van der Waals surface area (Å²) >= 11 is 0. The fourth-order valence-electron chi connectivity index (χ4n) is 1.07. The fraction of sp³-hybridized carbons (Fsp3) is 0.100. The van der Waals surface area contributed by atoms with Crippen LogP contribution in [0.15, 0.2) is 30.7 Å². The van der Waals surface area contributed by atoms with Gasteiger partial charge in [0.25, 0.3) is 0 Å². The molecular formula is C10H10N4O.